The van der Waals surface area contributed by atoms with Gasteiger partial charge in [-0.05, 0) is 30.7 Å². The molecule has 2 aromatic carbocycles. The van der Waals surface area contributed by atoms with Crippen LogP contribution in [0, 0.1) is 0 Å². The van der Waals surface area contributed by atoms with Crippen LogP contribution in [0.5, 0.6) is 0 Å². The van der Waals surface area contributed by atoms with Gasteiger partial charge in [0, 0.05) is 23.1 Å². The molecule has 5 aromatic rings. The van der Waals surface area contributed by atoms with Crippen molar-refractivity contribution >= 4 is 38.9 Å². The number of carbonyl (C=O) groups is 1. The Morgan fingerprint density at radius 1 is 1.14 bits per heavy atom. The predicted molar refractivity (Wildman–Crippen MR) is 112 cm³/mol. The van der Waals surface area contributed by atoms with Crippen molar-refractivity contribution in [2.24, 2.45) is 0 Å². The maximum atomic E-state index is 12.6. The lowest BCUT2D eigenvalue weighted by Gasteiger charge is -2.04. The topological polar surface area (TPSA) is 85.3 Å². The molecule has 0 aliphatic carbocycles. The van der Waals surface area contributed by atoms with Gasteiger partial charge in [0.15, 0.2) is 11.6 Å². The minimum absolute atomic E-state index is 0.277. The molecule has 3 heterocycles. The van der Waals surface area contributed by atoms with Crippen molar-refractivity contribution in [2.45, 2.75) is 19.8 Å². The molecule has 1 N–H and O–H groups in total. The zero-order valence-corrected chi connectivity index (χ0v) is 16.4. The predicted octanol–water partition coefficient (Wildman–Crippen LogP) is 4.80. The van der Waals surface area contributed by atoms with Gasteiger partial charge in [-0.15, -0.1) is 10.2 Å². The third-order valence-electron chi connectivity index (χ3n) is 4.55. The Morgan fingerprint density at radius 3 is 2.90 bits per heavy atom. The summed E-state index contributed by atoms with van der Waals surface area (Å²) >= 11 is 1.47. The molecule has 0 fully saturated rings. The van der Waals surface area contributed by atoms with Crippen molar-refractivity contribution < 1.29 is 9.21 Å². The van der Waals surface area contributed by atoms with E-state index in [2.05, 4.69) is 27.5 Å². The minimum atomic E-state index is -0.290. The van der Waals surface area contributed by atoms with E-state index >= 15 is 0 Å². The number of anilines is 1. The molecular formula is C21H17N5O2S. The van der Waals surface area contributed by atoms with Crippen LogP contribution in [0.15, 0.2) is 59.0 Å². The van der Waals surface area contributed by atoms with Gasteiger partial charge in [0.05, 0.1) is 0 Å². The van der Waals surface area contributed by atoms with Crippen LogP contribution in [0.4, 0.5) is 5.69 Å². The molecule has 144 valence electrons. The Morgan fingerprint density at radius 2 is 2.03 bits per heavy atom. The number of aryl methyl sites for hydroxylation is 1. The highest BCUT2D eigenvalue weighted by atomic mass is 32.1. The molecule has 0 saturated heterocycles. The third kappa shape index (κ3) is 3.27. The molecule has 0 saturated carbocycles. The second-order valence-corrected chi connectivity index (χ2v) is 7.61. The fourth-order valence-corrected chi connectivity index (χ4v) is 4.02. The van der Waals surface area contributed by atoms with E-state index in [0.717, 1.165) is 39.6 Å². The molecule has 0 aliphatic heterocycles. The number of nitrogens with one attached hydrogen (secondary N) is 1. The summed E-state index contributed by atoms with van der Waals surface area (Å²) in [6, 6.07) is 16.9. The molecule has 0 unspecified atom stereocenters. The summed E-state index contributed by atoms with van der Waals surface area (Å²) in [5.41, 5.74) is 2.27. The summed E-state index contributed by atoms with van der Waals surface area (Å²) in [5, 5.41) is 17.7. The number of fused-ring (bicyclic) bond motifs is 2. The Hall–Kier alpha value is -3.52. The quantitative estimate of drug-likeness (QED) is 0.455. The van der Waals surface area contributed by atoms with E-state index in [-0.39, 0.29) is 11.7 Å². The number of carbonyl (C=O) groups excluding carboxylic acids is 1. The Kier molecular flexibility index (Phi) is 4.33. The first-order chi connectivity index (χ1) is 14.2. The summed E-state index contributed by atoms with van der Waals surface area (Å²) in [4.78, 5) is 13.4. The normalized spacial score (nSPS) is 11.3. The van der Waals surface area contributed by atoms with E-state index in [1.54, 1.807) is 10.6 Å². The van der Waals surface area contributed by atoms with Gasteiger partial charge in [-0.3, -0.25) is 4.79 Å². The van der Waals surface area contributed by atoms with Crippen molar-refractivity contribution in [3.63, 3.8) is 0 Å². The first-order valence-electron chi connectivity index (χ1n) is 9.33. The number of hydrogen-bond acceptors (Lipinski definition) is 6. The van der Waals surface area contributed by atoms with E-state index in [4.69, 9.17) is 4.42 Å². The Balaban J connectivity index is 1.41. The fraction of sp³-hybridized carbons (Fsp3) is 0.143. The van der Waals surface area contributed by atoms with Crippen LogP contribution < -0.4 is 5.32 Å². The van der Waals surface area contributed by atoms with Gasteiger partial charge in [-0.2, -0.15) is 9.61 Å². The minimum Gasteiger partial charge on any atom is -0.451 e. The molecule has 0 aliphatic rings. The van der Waals surface area contributed by atoms with E-state index in [0.29, 0.717) is 11.3 Å². The van der Waals surface area contributed by atoms with Gasteiger partial charge in [-0.25, -0.2) is 0 Å². The van der Waals surface area contributed by atoms with Crippen molar-refractivity contribution in [3.8, 4) is 10.6 Å². The van der Waals surface area contributed by atoms with Crippen LogP contribution in [0.2, 0.25) is 0 Å². The summed E-state index contributed by atoms with van der Waals surface area (Å²) < 4.78 is 7.44. The van der Waals surface area contributed by atoms with Crippen LogP contribution in [-0.4, -0.2) is 25.7 Å². The van der Waals surface area contributed by atoms with E-state index in [1.807, 2.05) is 48.5 Å². The second-order valence-electron chi connectivity index (χ2n) is 6.65. The number of hydrogen-bond donors (Lipinski definition) is 1. The summed E-state index contributed by atoms with van der Waals surface area (Å²) in [7, 11) is 0. The molecular weight excluding hydrogens is 386 g/mol. The molecule has 0 bridgehead atoms. The van der Waals surface area contributed by atoms with Crippen molar-refractivity contribution in [3.05, 3.63) is 66.2 Å². The van der Waals surface area contributed by atoms with Crippen LogP contribution >= 0.6 is 11.3 Å². The molecule has 7 nitrogen and oxygen atoms in total. The highest BCUT2D eigenvalue weighted by molar-refractivity contribution is 7.19. The lowest BCUT2D eigenvalue weighted by molar-refractivity contribution is 0.0998. The lowest BCUT2D eigenvalue weighted by Crippen LogP contribution is -2.10. The van der Waals surface area contributed by atoms with Crippen molar-refractivity contribution in [1.82, 2.24) is 19.8 Å². The third-order valence-corrected chi connectivity index (χ3v) is 5.49. The Bertz CT molecular complexity index is 1300. The first kappa shape index (κ1) is 17.6. The maximum absolute atomic E-state index is 12.6. The van der Waals surface area contributed by atoms with E-state index in [9.17, 15) is 4.79 Å². The average molecular weight is 403 g/mol. The average Bonchev–Trinajstić information content (AvgIpc) is 3.43. The van der Waals surface area contributed by atoms with Gasteiger partial charge in [0.1, 0.15) is 10.6 Å². The summed E-state index contributed by atoms with van der Waals surface area (Å²) in [5.74, 6) is 0.848. The monoisotopic (exact) mass is 403 g/mol. The zero-order chi connectivity index (χ0) is 19.8. The zero-order valence-electron chi connectivity index (χ0n) is 15.6. The van der Waals surface area contributed by atoms with Crippen molar-refractivity contribution in [1.29, 1.82) is 0 Å². The molecule has 29 heavy (non-hydrogen) atoms. The van der Waals surface area contributed by atoms with Gasteiger partial charge >= 0.3 is 0 Å². The number of benzene rings is 2. The van der Waals surface area contributed by atoms with Crippen molar-refractivity contribution in [2.75, 3.05) is 5.32 Å². The molecule has 0 spiro atoms. The van der Waals surface area contributed by atoms with Crippen LogP contribution in [0.3, 0.4) is 0 Å². The number of rotatable bonds is 5. The van der Waals surface area contributed by atoms with Gasteiger partial charge in [0.25, 0.3) is 5.91 Å². The number of aromatic nitrogens is 4. The highest BCUT2D eigenvalue weighted by Crippen LogP contribution is 2.28. The second kappa shape index (κ2) is 7.14. The summed E-state index contributed by atoms with van der Waals surface area (Å²) in [6.45, 7) is 2.10. The first-order valence-corrected chi connectivity index (χ1v) is 10.1. The van der Waals surface area contributed by atoms with Gasteiger partial charge in [0.2, 0.25) is 4.96 Å². The van der Waals surface area contributed by atoms with Crippen LogP contribution in [0.25, 0.3) is 26.5 Å². The van der Waals surface area contributed by atoms with E-state index in [1.165, 1.54) is 11.3 Å². The number of amides is 1. The number of furan rings is 1. The molecule has 5 rings (SSSR count). The standard InChI is InChI=1S/C21H17N5O2S/c1-2-6-18-23-24-21-26(18)25-20(29-21)14-8-5-9-15(11-14)22-19(27)17-12-13-7-3-4-10-16(13)28-17/h3-5,7-12H,2,6H2,1H3,(H,22,27). The molecule has 3 aromatic heterocycles. The maximum Gasteiger partial charge on any atom is 0.291 e. The molecule has 0 radical (unpaired) electrons. The number of para-hydroxylation sites is 1. The summed E-state index contributed by atoms with van der Waals surface area (Å²) in [6.07, 6.45) is 1.81. The molecule has 1 amide bonds. The SMILES string of the molecule is CCCc1nnc2sc(-c3cccc(NC(=O)c4cc5ccccc5o4)c3)nn12. The fourth-order valence-electron chi connectivity index (χ4n) is 3.17. The van der Waals surface area contributed by atoms with Crippen LogP contribution in [-0.2, 0) is 6.42 Å². The molecule has 8 heteroatoms. The van der Waals surface area contributed by atoms with Gasteiger partial charge < -0.3 is 9.73 Å². The largest absolute Gasteiger partial charge is 0.451 e. The Labute approximate surface area is 170 Å². The highest BCUT2D eigenvalue weighted by Gasteiger charge is 2.15. The number of nitrogens with zero attached hydrogens (tertiary/aromatic N) is 4. The smallest absolute Gasteiger partial charge is 0.291 e. The van der Waals surface area contributed by atoms with Crippen LogP contribution in [0.1, 0.15) is 29.7 Å². The lowest BCUT2D eigenvalue weighted by atomic mass is 10.2. The van der Waals surface area contributed by atoms with Gasteiger partial charge in [-0.1, -0.05) is 48.6 Å². The molecule has 0 atom stereocenters. The van der Waals surface area contributed by atoms with E-state index < -0.39 is 0 Å².